The van der Waals surface area contributed by atoms with Crippen LogP contribution in [0.1, 0.15) is 37.0 Å². The van der Waals surface area contributed by atoms with Crippen LogP contribution in [-0.4, -0.2) is 27.0 Å². The number of anilines is 1. The SMILES string of the molecule is O=C(Nc1nccnc1C(=O)O)c1cc2c(s1)CCC2. The van der Waals surface area contributed by atoms with Crippen molar-refractivity contribution in [3.63, 3.8) is 0 Å². The van der Waals surface area contributed by atoms with Gasteiger partial charge in [-0.25, -0.2) is 14.8 Å². The van der Waals surface area contributed by atoms with E-state index in [0.29, 0.717) is 4.88 Å². The second-order valence-electron chi connectivity index (χ2n) is 4.43. The zero-order chi connectivity index (χ0) is 14.1. The minimum absolute atomic E-state index is 0.0291. The van der Waals surface area contributed by atoms with Gasteiger partial charge in [-0.3, -0.25) is 4.79 Å². The van der Waals surface area contributed by atoms with E-state index >= 15 is 0 Å². The number of nitrogens with zero attached hydrogens (tertiary/aromatic N) is 2. The highest BCUT2D eigenvalue weighted by Gasteiger charge is 2.20. The molecule has 0 bridgehead atoms. The molecule has 0 aromatic carbocycles. The molecule has 1 amide bonds. The van der Waals surface area contributed by atoms with Gasteiger partial charge in [-0.15, -0.1) is 11.3 Å². The van der Waals surface area contributed by atoms with Crippen molar-refractivity contribution < 1.29 is 14.7 Å². The Kier molecular flexibility index (Phi) is 3.19. The highest BCUT2D eigenvalue weighted by Crippen LogP contribution is 2.30. The van der Waals surface area contributed by atoms with Gasteiger partial charge in [0, 0.05) is 17.3 Å². The van der Waals surface area contributed by atoms with Crippen molar-refractivity contribution in [1.82, 2.24) is 9.97 Å². The molecule has 0 aliphatic heterocycles. The molecule has 2 N–H and O–H groups in total. The Morgan fingerprint density at radius 3 is 2.80 bits per heavy atom. The number of aromatic carboxylic acids is 1. The van der Waals surface area contributed by atoms with Gasteiger partial charge in [0.2, 0.25) is 0 Å². The highest BCUT2D eigenvalue weighted by molar-refractivity contribution is 7.14. The van der Waals surface area contributed by atoms with Gasteiger partial charge in [0.25, 0.3) is 5.91 Å². The van der Waals surface area contributed by atoms with Crippen LogP contribution in [0, 0.1) is 0 Å². The molecule has 2 aromatic rings. The van der Waals surface area contributed by atoms with Crippen molar-refractivity contribution in [2.24, 2.45) is 0 Å². The Labute approximate surface area is 118 Å². The van der Waals surface area contributed by atoms with Gasteiger partial charge in [-0.2, -0.15) is 0 Å². The maximum atomic E-state index is 12.1. The van der Waals surface area contributed by atoms with Crippen LogP contribution in [0.15, 0.2) is 18.5 Å². The smallest absolute Gasteiger partial charge is 0.358 e. The Hall–Kier alpha value is -2.28. The number of carboxylic acids is 1. The van der Waals surface area contributed by atoms with Crippen LogP contribution < -0.4 is 5.32 Å². The van der Waals surface area contributed by atoms with Crippen LogP contribution >= 0.6 is 11.3 Å². The van der Waals surface area contributed by atoms with E-state index in [2.05, 4.69) is 15.3 Å². The molecular weight excluding hydrogens is 278 g/mol. The number of carboxylic acid groups (broad SMARTS) is 1. The quantitative estimate of drug-likeness (QED) is 0.901. The molecule has 0 saturated carbocycles. The van der Waals surface area contributed by atoms with Crippen molar-refractivity contribution in [3.05, 3.63) is 39.5 Å². The number of hydrogen-bond acceptors (Lipinski definition) is 5. The maximum absolute atomic E-state index is 12.1. The summed E-state index contributed by atoms with van der Waals surface area (Å²) >= 11 is 1.46. The molecule has 3 rings (SSSR count). The molecule has 6 nitrogen and oxygen atoms in total. The van der Waals surface area contributed by atoms with Crippen LogP contribution in [-0.2, 0) is 12.8 Å². The summed E-state index contributed by atoms with van der Waals surface area (Å²) in [6.07, 6.45) is 5.77. The molecule has 0 saturated heterocycles. The van der Waals surface area contributed by atoms with Crippen LogP contribution in [0.25, 0.3) is 0 Å². The van der Waals surface area contributed by atoms with E-state index < -0.39 is 5.97 Å². The summed E-state index contributed by atoms with van der Waals surface area (Å²) in [5, 5.41) is 11.5. The van der Waals surface area contributed by atoms with E-state index in [1.54, 1.807) is 0 Å². The molecule has 0 atom stereocenters. The molecule has 102 valence electrons. The summed E-state index contributed by atoms with van der Waals surface area (Å²) in [7, 11) is 0. The Morgan fingerprint density at radius 2 is 2.05 bits per heavy atom. The number of rotatable bonds is 3. The van der Waals surface area contributed by atoms with Crippen LogP contribution in [0.4, 0.5) is 5.82 Å². The number of aromatic nitrogens is 2. The number of carbonyl (C=O) groups excluding carboxylic acids is 1. The summed E-state index contributed by atoms with van der Waals surface area (Å²) in [4.78, 5) is 32.5. The first-order valence-electron chi connectivity index (χ1n) is 6.12. The highest BCUT2D eigenvalue weighted by atomic mass is 32.1. The molecule has 0 spiro atoms. The predicted molar refractivity (Wildman–Crippen MR) is 73.3 cm³/mol. The fourth-order valence-corrected chi connectivity index (χ4v) is 3.34. The first-order valence-corrected chi connectivity index (χ1v) is 6.94. The summed E-state index contributed by atoms with van der Waals surface area (Å²) in [5.41, 5.74) is 0.961. The van der Waals surface area contributed by atoms with E-state index in [0.717, 1.165) is 19.3 Å². The van der Waals surface area contributed by atoms with Gasteiger partial charge < -0.3 is 10.4 Å². The predicted octanol–water partition coefficient (Wildman–Crippen LogP) is 1.98. The van der Waals surface area contributed by atoms with Crippen molar-refractivity contribution in [3.8, 4) is 0 Å². The first-order chi connectivity index (χ1) is 9.65. The molecular formula is C13H11N3O3S. The van der Waals surface area contributed by atoms with Crippen molar-refractivity contribution in [1.29, 1.82) is 0 Å². The molecule has 2 aromatic heterocycles. The second kappa shape index (κ2) is 5.01. The number of amides is 1. The van der Waals surface area contributed by atoms with Gasteiger partial charge in [-0.1, -0.05) is 0 Å². The monoisotopic (exact) mass is 289 g/mol. The lowest BCUT2D eigenvalue weighted by atomic mass is 10.2. The number of aryl methyl sites for hydroxylation is 2. The normalized spacial score (nSPS) is 13.0. The summed E-state index contributed by atoms with van der Waals surface area (Å²) in [5.74, 6) is -1.59. The molecule has 7 heteroatoms. The fourth-order valence-electron chi connectivity index (χ4n) is 2.20. The first kappa shape index (κ1) is 12.7. The third-order valence-corrected chi connectivity index (χ3v) is 4.34. The van der Waals surface area contributed by atoms with E-state index in [1.165, 1.54) is 34.2 Å². The topological polar surface area (TPSA) is 92.2 Å². The van der Waals surface area contributed by atoms with Crippen LogP contribution in [0.5, 0.6) is 0 Å². The number of thiophene rings is 1. The molecule has 0 unspecified atom stereocenters. The van der Waals surface area contributed by atoms with Crippen molar-refractivity contribution >= 4 is 29.0 Å². The lowest BCUT2D eigenvalue weighted by Crippen LogP contribution is -2.16. The lowest BCUT2D eigenvalue weighted by molar-refractivity contribution is 0.0691. The number of hydrogen-bond donors (Lipinski definition) is 2. The molecule has 20 heavy (non-hydrogen) atoms. The standard InChI is InChI=1S/C13H11N3O3S/c17-12(9-6-7-2-1-3-8(7)20-9)16-11-10(13(18)19)14-4-5-15-11/h4-6H,1-3H2,(H,18,19)(H,15,16,17). The Morgan fingerprint density at radius 1 is 1.25 bits per heavy atom. The summed E-state index contributed by atoms with van der Waals surface area (Å²) in [6.45, 7) is 0. The molecule has 2 heterocycles. The van der Waals surface area contributed by atoms with Gasteiger partial charge >= 0.3 is 5.97 Å². The number of nitrogens with one attached hydrogen (secondary N) is 1. The largest absolute Gasteiger partial charge is 0.476 e. The molecule has 0 fully saturated rings. The van der Waals surface area contributed by atoms with Crippen molar-refractivity contribution in [2.45, 2.75) is 19.3 Å². The van der Waals surface area contributed by atoms with Gasteiger partial charge in [0.1, 0.15) is 0 Å². The van der Waals surface area contributed by atoms with E-state index in [4.69, 9.17) is 5.11 Å². The third kappa shape index (κ3) is 2.27. The Bertz CT molecular complexity index is 674. The van der Waals surface area contributed by atoms with E-state index in [9.17, 15) is 9.59 Å². The Balaban J connectivity index is 1.84. The average molecular weight is 289 g/mol. The van der Waals surface area contributed by atoms with E-state index in [-0.39, 0.29) is 17.4 Å². The average Bonchev–Trinajstić information content (AvgIpc) is 2.99. The van der Waals surface area contributed by atoms with Gasteiger partial charge in [-0.05, 0) is 30.9 Å². The summed E-state index contributed by atoms with van der Waals surface area (Å²) in [6, 6.07) is 1.87. The second-order valence-corrected chi connectivity index (χ2v) is 5.56. The van der Waals surface area contributed by atoms with E-state index in [1.807, 2.05) is 6.07 Å². The lowest BCUT2D eigenvalue weighted by Gasteiger charge is -2.04. The number of fused-ring (bicyclic) bond motifs is 1. The minimum Gasteiger partial charge on any atom is -0.476 e. The summed E-state index contributed by atoms with van der Waals surface area (Å²) < 4.78 is 0. The molecule has 0 radical (unpaired) electrons. The molecule has 1 aliphatic carbocycles. The third-order valence-electron chi connectivity index (χ3n) is 3.10. The van der Waals surface area contributed by atoms with Crippen LogP contribution in [0.3, 0.4) is 0 Å². The zero-order valence-corrected chi connectivity index (χ0v) is 11.2. The van der Waals surface area contributed by atoms with Crippen molar-refractivity contribution in [2.75, 3.05) is 5.32 Å². The minimum atomic E-state index is -1.22. The molecule has 1 aliphatic rings. The van der Waals surface area contributed by atoms with Crippen LogP contribution in [0.2, 0.25) is 0 Å². The maximum Gasteiger partial charge on any atom is 0.358 e. The number of carbonyl (C=O) groups is 2. The van der Waals surface area contributed by atoms with Gasteiger partial charge in [0.15, 0.2) is 11.5 Å². The van der Waals surface area contributed by atoms with Gasteiger partial charge in [0.05, 0.1) is 4.88 Å². The fraction of sp³-hybridized carbons (Fsp3) is 0.231. The zero-order valence-electron chi connectivity index (χ0n) is 10.4.